The molecule has 3 heterocycles. The molecule has 0 aromatic heterocycles. The number of amidine groups is 1. The van der Waals surface area contributed by atoms with E-state index in [0.717, 1.165) is 36.1 Å². The maximum absolute atomic E-state index is 13.3. The lowest BCUT2D eigenvalue weighted by Gasteiger charge is -2.31. The van der Waals surface area contributed by atoms with Gasteiger partial charge in [0, 0.05) is 24.4 Å². The molecule has 0 saturated heterocycles. The first-order valence-corrected chi connectivity index (χ1v) is 11.5. The molecule has 0 fully saturated rings. The fourth-order valence-corrected chi connectivity index (χ4v) is 4.94. The molecule has 0 radical (unpaired) electrons. The third-order valence-electron chi connectivity index (χ3n) is 5.77. The standard InChI is InChI=1S/C20H23F3N4O2S/c1-12-14(6-4-7-16(12)20(21,22)23)13(2)24-19-15-10-26(30(3,28)29)11-17(15)27-9-5-8-18(27)25-19/h4,6-8,13H,5,9-11H2,1-3H3,(H,24,25)/t13-/m1/s1. The summed E-state index contributed by atoms with van der Waals surface area (Å²) in [7, 11) is -3.38. The van der Waals surface area contributed by atoms with E-state index in [2.05, 4.69) is 10.2 Å². The second-order valence-corrected chi connectivity index (χ2v) is 9.76. The molecule has 1 N–H and O–H groups in total. The van der Waals surface area contributed by atoms with Gasteiger partial charge < -0.3 is 10.2 Å². The number of nitrogens with zero attached hydrogens (tertiary/aromatic N) is 3. The van der Waals surface area contributed by atoms with Crippen LogP contribution < -0.4 is 5.32 Å². The van der Waals surface area contributed by atoms with Gasteiger partial charge in [-0.1, -0.05) is 12.1 Å². The molecule has 1 aromatic carbocycles. The number of sulfonamides is 1. The predicted molar refractivity (Wildman–Crippen MR) is 108 cm³/mol. The quantitative estimate of drug-likeness (QED) is 0.784. The second-order valence-electron chi connectivity index (χ2n) is 7.78. The lowest BCUT2D eigenvalue weighted by Crippen LogP contribution is -2.40. The summed E-state index contributed by atoms with van der Waals surface area (Å²) in [5.74, 6) is 1.36. The van der Waals surface area contributed by atoms with E-state index >= 15 is 0 Å². The molecule has 1 atom stereocenters. The molecule has 0 unspecified atom stereocenters. The summed E-state index contributed by atoms with van der Waals surface area (Å²) in [4.78, 5) is 6.76. The first-order valence-electron chi connectivity index (χ1n) is 9.63. The van der Waals surface area contributed by atoms with Crippen LogP contribution in [0.25, 0.3) is 0 Å². The van der Waals surface area contributed by atoms with E-state index in [1.807, 2.05) is 6.08 Å². The van der Waals surface area contributed by atoms with Crippen molar-refractivity contribution in [2.24, 2.45) is 4.99 Å². The third-order valence-corrected chi connectivity index (χ3v) is 6.97. The monoisotopic (exact) mass is 440 g/mol. The molecule has 3 aliphatic heterocycles. The Bertz CT molecular complexity index is 1090. The minimum absolute atomic E-state index is 0.151. The molecule has 162 valence electrons. The molecule has 1 aromatic rings. The van der Waals surface area contributed by atoms with Crippen molar-refractivity contribution < 1.29 is 21.6 Å². The van der Waals surface area contributed by atoms with Gasteiger partial charge in [0.15, 0.2) is 0 Å². The van der Waals surface area contributed by atoms with Crippen molar-refractivity contribution in [3.63, 3.8) is 0 Å². The first kappa shape index (κ1) is 20.9. The van der Waals surface area contributed by atoms with Gasteiger partial charge in [-0.05, 0) is 43.5 Å². The van der Waals surface area contributed by atoms with Crippen LogP contribution in [0.2, 0.25) is 0 Å². The molecule has 10 heteroatoms. The number of hydrogen-bond acceptors (Lipinski definition) is 4. The summed E-state index contributed by atoms with van der Waals surface area (Å²) in [5, 5.41) is 3.26. The van der Waals surface area contributed by atoms with Gasteiger partial charge in [-0.25, -0.2) is 8.42 Å². The van der Waals surface area contributed by atoms with Crippen LogP contribution >= 0.6 is 0 Å². The zero-order chi connectivity index (χ0) is 21.8. The zero-order valence-corrected chi connectivity index (χ0v) is 17.7. The molecule has 0 aliphatic carbocycles. The molecule has 6 nitrogen and oxygen atoms in total. The van der Waals surface area contributed by atoms with E-state index in [9.17, 15) is 21.6 Å². The highest BCUT2D eigenvalue weighted by Crippen LogP contribution is 2.36. The van der Waals surface area contributed by atoms with Gasteiger partial charge in [0.25, 0.3) is 0 Å². The van der Waals surface area contributed by atoms with Crippen molar-refractivity contribution in [2.75, 3.05) is 25.9 Å². The van der Waals surface area contributed by atoms with Gasteiger partial charge in [-0.3, -0.25) is 4.99 Å². The van der Waals surface area contributed by atoms with E-state index in [0.29, 0.717) is 11.4 Å². The molecule has 0 saturated carbocycles. The van der Waals surface area contributed by atoms with E-state index in [1.165, 1.54) is 23.6 Å². The highest BCUT2D eigenvalue weighted by atomic mass is 32.2. The number of hydrogen-bond donors (Lipinski definition) is 1. The number of rotatable bonds is 3. The Morgan fingerprint density at radius 1 is 1.23 bits per heavy atom. The SMILES string of the molecule is Cc1c([C@@H](C)N=C2NC3=CCCN3C3=C2CN(S(C)(=O)=O)C3)cccc1C(F)(F)F. The van der Waals surface area contributed by atoms with Crippen molar-refractivity contribution in [1.82, 2.24) is 14.5 Å². The summed E-state index contributed by atoms with van der Waals surface area (Å²) in [6, 6.07) is 3.57. The molecule has 0 spiro atoms. The minimum Gasteiger partial charge on any atom is -0.330 e. The van der Waals surface area contributed by atoms with Crippen molar-refractivity contribution in [3.8, 4) is 0 Å². The Balaban J connectivity index is 1.73. The third kappa shape index (κ3) is 3.62. The van der Waals surface area contributed by atoms with Crippen LogP contribution in [0.3, 0.4) is 0 Å². The van der Waals surface area contributed by atoms with Crippen LogP contribution in [0.15, 0.2) is 46.4 Å². The Kier molecular flexibility index (Phi) is 4.97. The average molecular weight is 440 g/mol. The normalized spacial score (nSPS) is 22.1. The largest absolute Gasteiger partial charge is 0.416 e. The van der Waals surface area contributed by atoms with Gasteiger partial charge in [-0.15, -0.1) is 0 Å². The zero-order valence-electron chi connectivity index (χ0n) is 16.9. The summed E-state index contributed by atoms with van der Waals surface area (Å²) in [6.45, 7) is 4.42. The van der Waals surface area contributed by atoms with E-state index in [1.54, 1.807) is 13.0 Å². The lowest BCUT2D eigenvalue weighted by atomic mass is 9.97. The number of fused-ring (bicyclic) bond motifs is 2. The minimum atomic E-state index is -4.43. The van der Waals surface area contributed by atoms with Crippen molar-refractivity contribution >= 4 is 15.9 Å². The van der Waals surface area contributed by atoms with Gasteiger partial charge in [-0.2, -0.15) is 17.5 Å². The Labute approximate surface area is 173 Å². The number of halogens is 3. The molecule has 3 aliphatic rings. The Hall–Kier alpha value is -2.33. The summed E-state index contributed by atoms with van der Waals surface area (Å²) in [5.41, 5.74) is 1.63. The average Bonchev–Trinajstić information content (AvgIpc) is 3.26. The smallest absolute Gasteiger partial charge is 0.330 e. The summed E-state index contributed by atoms with van der Waals surface area (Å²) in [6.07, 6.45) is -0.413. The highest BCUT2D eigenvalue weighted by Gasteiger charge is 2.39. The van der Waals surface area contributed by atoms with Crippen LogP contribution in [0.1, 0.15) is 36.1 Å². The maximum atomic E-state index is 13.3. The Morgan fingerprint density at radius 3 is 2.63 bits per heavy atom. The fraction of sp³-hybridized carbons (Fsp3) is 0.450. The van der Waals surface area contributed by atoms with Crippen molar-refractivity contribution in [1.29, 1.82) is 0 Å². The lowest BCUT2D eigenvalue weighted by molar-refractivity contribution is -0.138. The van der Waals surface area contributed by atoms with Crippen molar-refractivity contribution in [2.45, 2.75) is 32.5 Å². The van der Waals surface area contributed by atoms with Gasteiger partial charge in [0.05, 0.1) is 24.4 Å². The van der Waals surface area contributed by atoms with Crippen LogP contribution in [-0.2, 0) is 16.2 Å². The second kappa shape index (κ2) is 7.12. The van der Waals surface area contributed by atoms with Gasteiger partial charge >= 0.3 is 6.18 Å². The van der Waals surface area contributed by atoms with Crippen LogP contribution in [0.4, 0.5) is 13.2 Å². The number of aliphatic imine (C=N–C) groups is 1. The predicted octanol–water partition coefficient (Wildman–Crippen LogP) is 3.15. The summed E-state index contributed by atoms with van der Waals surface area (Å²) < 4.78 is 65.5. The highest BCUT2D eigenvalue weighted by molar-refractivity contribution is 7.88. The molecule has 30 heavy (non-hydrogen) atoms. The fourth-order valence-electron chi connectivity index (χ4n) is 4.22. The molecule has 4 rings (SSSR count). The molecular weight excluding hydrogens is 417 g/mol. The Morgan fingerprint density at radius 2 is 1.97 bits per heavy atom. The molecular formula is C20H23F3N4O2S. The number of nitrogens with one attached hydrogen (secondary N) is 1. The van der Waals surface area contributed by atoms with Crippen LogP contribution in [-0.4, -0.2) is 49.3 Å². The van der Waals surface area contributed by atoms with Gasteiger partial charge in [0.1, 0.15) is 11.7 Å². The van der Waals surface area contributed by atoms with E-state index in [4.69, 9.17) is 4.99 Å². The molecule has 0 bridgehead atoms. The van der Waals surface area contributed by atoms with E-state index < -0.39 is 27.8 Å². The molecule has 0 amide bonds. The van der Waals surface area contributed by atoms with Gasteiger partial charge in [0.2, 0.25) is 10.0 Å². The number of benzene rings is 1. The van der Waals surface area contributed by atoms with Crippen LogP contribution in [0.5, 0.6) is 0 Å². The first-order chi connectivity index (χ1) is 14.0. The number of alkyl halides is 3. The maximum Gasteiger partial charge on any atom is 0.416 e. The summed E-state index contributed by atoms with van der Waals surface area (Å²) >= 11 is 0. The van der Waals surface area contributed by atoms with E-state index in [-0.39, 0.29) is 18.7 Å². The van der Waals surface area contributed by atoms with Crippen molar-refractivity contribution in [3.05, 3.63) is 58.1 Å². The van der Waals surface area contributed by atoms with Crippen LogP contribution in [0, 0.1) is 6.92 Å². The topological polar surface area (TPSA) is 65.0 Å².